The number of nitrogens with one attached hydrogen (secondary N) is 1. The molecule has 0 saturated heterocycles. The van der Waals surface area contributed by atoms with E-state index >= 15 is 0 Å². The number of aromatic nitrogens is 3. The van der Waals surface area contributed by atoms with Gasteiger partial charge in [0.15, 0.2) is 5.65 Å². The smallest absolute Gasteiger partial charge is 0.304 e. The zero-order valence-electron chi connectivity index (χ0n) is 10.0. The molecule has 2 heterocycles. The van der Waals surface area contributed by atoms with E-state index in [0.717, 1.165) is 12.8 Å². The van der Waals surface area contributed by atoms with Crippen molar-refractivity contribution in [3.63, 3.8) is 0 Å². The molecule has 1 aliphatic carbocycles. The molecule has 0 spiro atoms. The predicted molar refractivity (Wildman–Crippen MR) is 67.2 cm³/mol. The van der Waals surface area contributed by atoms with E-state index < -0.39 is 0 Å². The van der Waals surface area contributed by atoms with Crippen LogP contribution in [0.2, 0.25) is 0 Å². The van der Waals surface area contributed by atoms with Crippen molar-refractivity contribution in [3.8, 4) is 6.07 Å². The molecule has 0 atom stereocenters. The van der Waals surface area contributed by atoms with Gasteiger partial charge in [-0.3, -0.25) is 4.57 Å². The van der Waals surface area contributed by atoms with Gasteiger partial charge >= 0.3 is 5.69 Å². The van der Waals surface area contributed by atoms with Crippen LogP contribution in [0.4, 0.5) is 0 Å². The molecule has 0 aromatic carbocycles. The van der Waals surface area contributed by atoms with Crippen LogP contribution in [-0.2, 0) is 0 Å². The first-order valence-corrected chi connectivity index (χ1v) is 6.30. The second-order valence-electron chi connectivity index (χ2n) is 4.80. The van der Waals surface area contributed by atoms with Gasteiger partial charge < -0.3 is 4.98 Å². The monoisotopic (exact) mass is 242 g/mol. The predicted octanol–water partition coefficient (Wildman–Crippen LogP) is 2.10. The van der Waals surface area contributed by atoms with Crippen molar-refractivity contribution < 1.29 is 0 Å². The summed E-state index contributed by atoms with van der Waals surface area (Å²) in [5.74, 6) is 0. The zero-order valence-corrected chi connectivity index (χ0v) is 10.0. The Balaban J connectivity index is 2.14. The Morgan fingerprint density at radius 1 is 1.39 bits per heavy atom. The van der Waals surface area contributed by atoms with Gasteiger partial charge in [-0.15, -0.1) is 0 Å². The van der Waals surface area contributed by atoms with Crippen molar-refractivity contribution in [2.24, 2.45) is 0 Å². The van der Waals surface area contributed by atoms with Crippen molar-refractivity contribution >= 4 is 11.2 Å². The average Bonchev–Trinajstić information content (AvgIpc) is 2.74. The molecule has 0 radical (unpaired) electrons. The van der Waals surface area contributed by atoms with Crippen LogP contribution in [-0.4, -0.2) is 14.5 Å². The minimum atomic E-state index is -0.112. The van der Waals surface area contributed by atoms with Gasteiger partial charge in [-0.05, 0) is 18.9 Å². The third-order valence-electron chi connectivity index (χ3n) is 3.62. The number of nitrogens with zero attached hydrogens (tertiary/aromatic N) is 3. The molecule has 1 N–H and O–H groups in total. The summed E-state index contributed by atoms with van der Waals surface area (Å²) in [6, 6.07) is 3.97. The van der Waals surface area contributed by atoms with Gasteiger partial charge in [-0.1, -0.05) is 19.3 Å². The highest BCUT2D eigenvalue weighted by atomic mass is 16.1. The number of hydrogen-bond donors (Lipinski definition) is 1. The van der Waals surface area contributed by atoms with E-state index in [-0.39, 0.29) is 11.7 Å². The lowest BCUT2D eigenvalue weighted by Crippen LogP contribution is -2.24. The van der Waals surface area contributed by atoms with E-state index in [0.29, 0.717) is 16.7 Å². The van der Waals surface area contributed by atoms with Crippen molar-refractivity contribution in [2.45, 2.75) is 38.1 Å². The molecule has 2 aromatic rings. The molecular weight excluding hydrogens is 228 g/mol. The number of aromatic amines is 1. The fourth-order valence-electron chi connectivity index (χ4n) is 2.75. The Morgan fingerprint density at radius 3 is 2.89 bits per heavy atom. The molecule has 5 nitrogen and oxygen atoms in total. The second-order valence-corrected chi connectivity index (χ2v) is 4.80. The maximum absolute atomic E-state index is 12.0. The molecule has 2 aromatic heterocycles. The lowest BCUT2D eigenvalue weighted by atomic mass is 9.95. The highest BCUT2D eigenvalue weighted by Gasteiger charge is 2.20. The van der Waals surface area contributed by atoms with E-state index in [1.54, 1.807) is 10.6 Å². The molecule has 1 aliphatic rings. The SMILES string of the molecule is N#Cc1cnc2c(c1)[nH]c(=O)n2C1CCCCC1. The largest absolute Gasteiger partial charge is 0.327 e. The first-order valence-electron chi connectivity index (χ1n) is 6.30. The standard InChI is InChI=1S/C13H14N4O/c14-7-9-6-11-12(15-8-9)17(13(18)16-11)10-4-2-1-3-5-10/h6,8,10H,1-5H2,(H,16,18). The number of H-pyrrole nitrogens is 1. The summed E-state index contributed by atoms with van der Waals surface area (Å²) in [5, 5.41) is 8.83. The van der Waals surface area contributed by atoms with Gasteiger partial charge in [0.2, 0.25) is 0 Å². The van der Waals surface area contributed by atoms with Gasteiger partial charge in [0.25, 0.3) is 0 Å². The molecule has 92 valence electrons. The van der Waals surface area contributed by atoms with Crippen LogP contribution >= 0.6 is 0 Å². The third kappa shape index (κ3) is 1.70. The maximum atomic E-state index is 12.0. The van der Waals surface area contributed by atoms with Gasteiger partial charge in [-0.2, -0.15) is 5.26 Å². The number of pyridine rings is 1. The Kier molecular flexibility index (Phi) is 2.63. The molecule has 1 saturated carbocycles. The molecule has 1 fully saturated rings. The molecule has 5 heteroatoms. The number of imidazole rings is 1. The Bertz CT molecular complexity index is 670. The topological polar surface area (TPSA) is 74.5 Å². The summed E-state index contributed by atoms with van der Waals surface area (Å²) in [4.78, 5) is 19.1. The number of rotatable bonds is 1. The molecule has 0 aliphatic heterocycles. The molecule has 0 bridgehead atoms. The number of fused-ring (bicyclic) bond motifs is 1. The van der Waals surface area contributed by atoms with Gasteiger partial charge in [-0.25, -0.2) is 9.78 Å². The molecule has 3 rings (SSSR count). The highest BCUT2D eigenvalue weighted by molar-refractivity contribution is 5.72. The lowest BCUT2D eigenvalue weighted by molar-refractivity contribution is 0.352. The summed E-state index contributed by atoms with van der Waals surface area (Å²) in [6.07, 6.45) is 7.18. The van der Waals surface area contributed by atoms with Crippen LogP contribution in [0.25, 0.3) is 11.2 Å². The van der Waals surface area contributed by atoms with E-state index in [4.69, 9.17) is 5.26 Å². The number of hydrogen-bond acceptors (Lipinski definition) is 3. The van der Waals surface area contributed by atoms with Crippen molar-refractivity contribution in [2.75, 3.05) is 0 Å². The summed E-state index contributed by atoms with van der Waals surface area (Å²) in [5.41, 5.74) is 1.69. The molecular formula is C13H14N4O. The number of nitriles is 1. The highest BCUT2D eigenvalue weighted by Crippen LogP contribution is 2.28. The quantitative estimate of drug-likeness (QED) is 0.832. The first-order chi connectivity index (χ1) is 8.79. The average molecular weight is 242 g/mol. The summed E-state index contributed by atoms with van der Waals surface area (Å²) in [7, 11) is 0. The molecule has 18 heavy (non-hydrogen) atoms. The Morgan fingerprint density at radius 2 is 2.17 bits per heavy atom. The normalized spacial score (nSPS) is 16.8. The minimum absolute atomic E-state index is 0.112. The van der Waals surface area contributed by atoms with E-state index in [1.165, 1.54) is 25.5 Å². The van der Waals surface area contributed by atoms with Crippen LogP contribution < -0.4 is 5.69 Å². The fraction of sp³-hybridized carbons (Fsp3) is 0.462. The third-order valence-corrected chi connectivity index (χ3v) is 3.62. The molecule has 0 unspecified atom stereocenters. The summed E-state index contributed by atoms with van der Waals surface area (Å²) < 4.78 is 1.76. The van der Waals surface area contributed by atoms with Crippen molar-refractivity contribution in [3.05, 3.63) is 28.3 Å². The lowest BCUT2D eigenvalue weighted by Gasteiger charge is -2.22. The van der Waals surface area contributed by atoms with Gasteiger partial charge in [0.1, 0.15) is 6.07 Å². The van der Waals surface area contributed by atoms with E-state index in [1.807, 2.05) is 6.07 Å². The van der Waals surface area contributed by atoms with Crippen LogP contribution in [0.3, 0.4) is 0 Å². The maximum Gasteiger partial charge on any atom is 0.327 e. The zero-order chi connectivity index (χ0) is 12.5. The summed E-state index contributed by atoms with van der Waals surface area (Å²) >= 11 is 0. The van der Waals surface area contributed by atoms with Crippen LogP contribution in [0.5, 0.6) is 0 Å². The fourth-order valence-corrected chi connectivity index (χ4v) is 2.75. The van der Waals surface area contributed by atoms with Crippen molar-refractivity contribution in [1.82, 2.24) is 14.5 Å². The van der Waals surface area contributed by atoms with Crippen LogP contribution in [0.1, 0.15) is 43.7 Å². The Labute approximate surface area is 104 Å². The van der Waals surface area contributed by atoms with Crippen LogP contribution in [0, 0.1) is 11.3 Å². The van der Waals surface area contributed by atoms with E-state index in [2.05, 4.69) is 9.97 Å². The first kappa shape index (κ1) is 11.0. The van der Waals surface area contributed by atoms with Crippen LogP contribution in [0.15, 0.2) is 17.1 Å². The molecule has 0 amide bonds. The summed E-state index contributed by atoms with van der Waals surface area (Å²) in [6.45, 7) is 0. The van der Waals surface area contributed by atoms with Gasteiger partial charge in [0, 0.05) is 12.2 Å². The second kappa shape index (κ2) is 4.30. The van der Waals surface area contributed by atoms with Gasteiger partial charge in [0.05, 0.1) is 11.1 Å². The van der Waals surface area contributed by atoms with E-state index in [9.17, 15) is 4.79 Å². The minimum Gasteiger partial charge on any atom is -0.304 e. The Hall–Kier alpha value is -2.09. The van der Waals surface area contributed by atoms with Crippen molar-refractivity contribution in [1.29, 1.82) is 5.26 Å².